The first-order valence-corrected chi connectivity index (χ1v) is 7.63. The fourth-order valence-electron chi connectivity index (χ4n) is 3.02. The van der Waals surface area contributed by atoms with Gasteiger partial charge in [0.1, 0.15) is 18.5 Å². The molecule has 21 heavy (non-hydrogen) atoms. The Balaban J connectivity index is 1.68. The lowest BCUT2D eigenvalue weighted by Gasteiger charge is -2.16. The lowest BCUT2D eigenvalue weighted by molar-refractivity contribution is 0.107. The zero-order valence-corrected chi connectivity index (χ0v) is 12.7. The van der Waals surface area contributed by atoms with Crippen molar-refractivity contribution in [3.63, 3.8) is 0 Å². The van der Waals surface area contributed by atoms with E-state index in [4.69, 9.17) is 4.74 Å². The van der Waals surface area contributed by atoms with E-state index >= 15 is 0 Å². The third-order valence-corrected chi connectivity index (χ3v) is 4.27. The van der Waals surface area contributed by atoms with Crippen molar-refractivity contribution in [3.05, 3.63) is 64.2 Å². The number of hydrogen-bond acceptors (Lipinski definition) is 2. The van der Waals surface area contributed by atoms with Crippen LogP contribution in [0.2, 0.25) is 0 Å². The molecule has 2 aromatic rings. The van der Waals surface area contributed by atoms with Crippen LogP contribution in [0, 0.1) is 13.8 Å². The van der Waals surface area contributed by atoms with Crippen LogP contribution in [0.5, 0.6) is 5.75 Å². The van der Waals surface area contributed by atoms with Crippen molar-refractivity contribution >= 4 is 0 Å². The maximum absolute atomic E-state index is 10.4. The number of rotatable bonds is 4. The van der Waals surface area contributed by atoms with E-state index in [0.717, 1.165) is 28.9 Å². The molecular formula is C19H22O2. The fourth-order valence-corrected chi connectivity index (χ4v) is 3.02. The van der Waals surface area contributed by atoms with Gasteiger partial charge in [0.05, 0.1) is 0 Å². The van der Waals surface area contributed by atoms with E-state index in [1.54, 1.807) is 0 Å². The molecule has 3 rings (SSSR count). The number of fused-ring (bicyclic) bond motifs is 1. The van der Waals surface area contributed by atoms with Crippen LogP contribution in [0.4, 0.5) is 0 Å². The van der Waals surface area contributed by atoms with Gasteiger partial charge in [-0.25, -0.2) is 0 Å². The molecule has 0 saturated heterocycles. The van der Waals surface area contributed by atoms with Crippen LogP contribution in [-0.4, -0.2) is 11.7 Å². The summed E-state index contributed by atoms with van der Waals surface area (Å²) in [6.45, 7) is 4.35. The first-order chi connectivity index (χ1) is 10.1. The molecule has 0 amide bonds. The Labute approximate surface area is 126 Å². The Morgan fingerprint density at radius 3 is 2.71 bits per heavy atom. The summed E-state index contributed by atoms with van der Waals surface area (Å²) >= 11 is 0. The van der Waals surface area contributed by atoms with Gasteiger partial charge >= 0.3 is 0 Å². The topological polar surface area (TPSA) is 29.5 Å². The van der Waals surface area contributed by atoms with Crippen molar-refractivity contribution in [1.29, 1.82) is 0 Å². The van der Waals surface area contributed by atoms with E-state index in [2.05, 4.69) is 18.2 Å². The zero-order chi connectivity index (χ0) is 14.8. The molecule has 0 aromatic heterocycles. The van der Waals surface area contributed by atoms with Crippen LogP contribution in [0.3, 0.4) is 0 Å². The molecule has 0 aliphatic heterocycles. The maximum Gasteiger partial charge on any atom is 0.119 e. The third-order valence-electron chi connectivity index (χ3n) is 4.27. The van der Waals surface area contributed by atoms with Gasteiger partial charge in [-0.05, 0) is 67.5 Å². The molecule has 110 valence electrons. The highest BCUT2D eigenvalue weighted by molar-refractivity contribution is 5.38. The number of ether oxygens (including phenoxy) is 1. The van der Waals surface area contributed by atoms with E-state index in [0.29, 0.717) is 6.61 Å². The van der Waals surface area contributed by atoms with Gasteiger partial charge in [-0.1, -0.05) is 29.8 Å². The minimum absolute atomic E-state index is 0.295. The van der Waals surface area contributed by atoms with Crippen molar-refractivity contribution in [3.8, 4) is 5.75 Å². The summed E-state index contributed by atoms with van der Waals surface area (Å²) in [5, 5.41) is 10.4. The lowest BCUT2D eigenvalue weighted by atomic mass is 10.0. The van der Waals surface area contributed by atoms with Crippen LogP contribution < -0.4 is 4.74 Å². The molecule has 1 atom stereocenters. The van der Waals surface area contributed by atoms with Crippen molar-refractivity contribution in [2.45, 2.75) is 39.2 Å². The number of aryl methyl sites for hydroxylation is 4. The summed E-state index contributed by atoms with van der Waals surface area (Å²) in [7, 11) is 0. The van der Waals surface area contributed by atoms with Crippen LogP contribution in [0.25, 0.3) is 0 Å². The molecule has 0 heterocycles. The SMILES string of the molecule is Cc1ccc(C)c(C(O)COc2ccc3c(c2)CCC3)c1. The molecule has 2 nitrogen and oxygen atoms in total. The number of aliphatic hydroxyl groups is 1. The molecule has 0 radical (unpaired) electrons. The van der Waals surface area contributed by atoms with Gasteiger partial charge in [0, 0.05) is 0 Å². The summed E-state index contributed by atoms with van der Waals surface area (Å²) in [5.74, 6) is 0.861. The number of benzene rings is 2. The summed E-state index contributed by atoms with van der Waals surface area (Å²) in [4.78, 5) is 0. The van der Waals surface area contributed by atoms with Crippen LogP contribution >= 0.6 is 0 Å². The summed E-state index contributed by atoms with van der Waals surface area (Å²) in [6, 6.07) is 12.4. The summed E-state index contributed by atoms with van der Waals surface area (Å²) < 4.78 is 5.79. The molecule has 1 unspecified atom stereocenters. The van der Waals surface area contributed by atoms with Gasteiger partial charge in [0.15, 0.2) is 0 Å². The van der Waals surface area contributed by atoms with Crippen LogP contribution in [0.15, 0.2) is 36.4 Å². The van der Waals surface area contributed by atoms with E-state index in [1.807, 2.05) is 32.0 Å². The number of hydrogen-bond donors (Lipinski definition) is 1. The molecular weight excluding hydrogens is 260 g/mol. The van der Waals surface area contributed by atoms with Crippen molar-refractivity contribution < 1.29 is 9.84 Å². The molecule has 0 fully saturated rings. The first kappa shape index (κ1) is 14.2. The highest BCUT2D eigenvalue weighted by atomic mass is 16.5. The minimum atomic E-state index is -0.585. The molecule has 1 N–H and O–H groups in total. The monoisotopic (exact) mass is 282 g/mol. The molecule has 2 heteroatoms. The Kier molecular flexibility index (Phi) is 3.98. The van der Waals surface area contributed by atoms with Gasteiger partial charge < -0.3 is 9.84 Å². The molecule has 0 spiro atoms. The quantitative estimate of drug-likeness (QED) is 0.921. The second-order valence-corrected chi connectivity index (χ2v) is 5.97. The van der Waals surface area contributed by atoms with E-state index in [-0.39, 0.29) is 0 Å². The second-order valence-electron chi connectivity index (χ2n) is 5.97. The number of aliphatic hydroxyl groups excluding tert-OH is 1. The molecule has 1 aliphatic carbocycles. The third kappa shape index (κ3) is 3.11. The van der Waals surface area contributed by atoms with Gasteiger partial charge in [0.2, 0.25) is 0 Å². The Hall–Kier alpha value is -1.80. The lowest BCUT2D eigenvalue weighted by Crippen LogP contribution is -2.11. The van der Waals surface area contributed by atoms with Gasteiger partial charge in [-0.15, -0.1) is 0 Å². The average molecular weight is 282 g/mol. The van der Waals surface area contributed by atoms with Gasteiger partial charge in [-0.3, -0.25) is 0 Å². The van der Waals surface area contributed by atoms with Crippen molar-refractivity contribution in [1.82, 2.24) is 0 Å². The Morgan fingerprint density at radius 2 is 1.86 bits per heavy atom. The average Bonchev–Trinajstić information content (AvgIpc) is 2.94. The largest absolute Gasteiger partial charge is 0.491 e. The van der Waals surface area contributed by atoms with Crippen LogP contribution in [0.1, 0.15) is 40.3 Å². The first-order valence-electron chi connectivity index (χ1n) is 7.63. The highest BCUT2D eigenvalue weighted by Crippen LogP contribution is 2.27. The Morgan fingerprint density at radius 1 is 1.05 bits per heavy atom. The second kappa shape index (κ2) is 5.90. The zero-order valence-electron chi connectivity index (χ0n) is 12.7. The van der Waals surface area contributed by atoms with Crippen molar-refractivity contribution in [2.75, 3.05) is 6.61 Å². The standard InChI is InChI=1S/C19H22O2/c1-13-6-7-14(2)18(10-13)19(20)12-21-17-9-8-15-4-3-5-16(15)11-17/h6-11,19-20H,3-5,12H2,1-2H3. The smallest absolute Gasteiger partial charge is 0.119 e. The fraction of sp³-hybridized carbons (Fsp3) is 0.368. The maximum atomic E-state index is 10.4. The van der Waals surface area contributed by atoms with Crippen molar-refractivity contribution in [2.24, 2.45) is 0 Å². The van der Waals surface area contributed by atoms with Gasteiger partial charge in [0.25, 0.3) is 0 Å². The highest BCUT2D eigenvalue weighted by Gasteiger charge is 2.14. The molecule has 0 saturated carbocycles. The molecule has 2 aromatic carbocycles. The summed E-state index contributed by atoms with van der Waals surface area (Å²) in [6.07, 6.45) is 2.98. The molecule has 1 aliphatic rings. The van der Waals surface area contributed by atoms with E-state index in [1.165, 1.54) is 24.0 Å². The minimum Gasteiger partial charge on any atom is -0.491 e. The predicted molar refractivity (Wildman–Crippen MR) is 84.8 cm³/mol. The van der Waals surface area contributed by atoms with Crippen LogP contribution in [-0.2, 0) is 12.8 Å². The predicted octanol–water partition coefficient (Wildman–Crippen LogP) is 3.90. The van der Waals surface area contributed by atoms with Gasteiger partial charge in [-0.2, -0.15) is 0 Å². The van der Waals surface area contributed by atoms with E-state index in [9.17, 15) is 5.11 Å². The molecule has 0 bridgehead atoms. The Bertz CT molecular complexity index is 646. The summed E-state index contributed by atoms with van der Waals surface area (Å²) in [5.41, 5.74) is 6.06. The van der Waals surface area contributed by atoms with E-state index < -0.39 is 6.10 Å². The normalized spacial score (nSPS) is 14.8.